The number of allylic oxidation sites excluding steroid dienone is 1. The Hall–Kier alpha value is -1.34. The van der Waals surface area contributed by atoms with Gasteiger partial charge < -0.3 is 10.8 Å². The van der Waals surface area contributed by atoms with Crippen molar-refractivity contribution in [3.63, 3.8) is 0 Å². The van der Waals surface area contributed by atoms with Crippen LogP contribution < -0.4 is 5.73 Å². The highest BCUT2D eigenvalue weighted by molar-refractivity contribution is 5.92. The molecular weight excluding hydrogens is 144 g/mol. The van der Waals surface area contributed by atoms with Gasteiger partial charge in [0.15, 0.2) is 0 Å². The summed E-state index contributed by atoms with van der Waals surface area (Å²) in [5.41, 5.74) is 5.05. The summed E-state index contributed by atoms with van der Waals surface area (Å²) in [4.78, 5) is 10.4. The molecule has 0 atom stereocenters. The minimum Gasteiger partial charge on any atom is -0.391 e. The van der Waals surface area contributed by atoms with Crippen LogP contribution in [0.3, 0.4) is 0 Å². The molecule has 0 fully saturated rings. The van der Waals surface area contributed by atoms with Gasteiger partial charge in [-0.25, -0.2) is 0 Å². The van der Waals surface area contributed by atoms with Crippen molar-refractivity contribution in [3.05, 3.63) is 11.6 Å². The van der Waals surface area contributed by atoms with Gasteiger partial charge >= 0.3 is 0 Å². The normalized spacial score (nSPS) is 10.7. The van der Waals surface area contributed by atoms with Gasteiger partial charge in [0, 0.05) is 12.0 Å². The molecule has 0 bridgehead atoms. The summed E-state index contributed by atoms with van der Waals surface area (Å²) in [5.74, 6) is -0.634. The van der Waals surface area contributed by atoms with Crippen LogP contribution in [0.2, 0.25) is 0 Å². The van der Waals surface area contributed by atoms with E-state index in [0.717, 1.165) is 0 Å². The van der Waals surface area contributed by atoms with E-state index in [1.807, 2.05) is 6.07 Å². The first kappa shape index (κ1) is 9.66. The highest BCUT2D eigenvalue weighted by Gasteiger charge is 2.00. The molecule has 0 saturated carbocycles. The number of nitriles is 1. The maximum Gasteiger partial charge on any atom is 0.246 e. The van der Waals surface area contributed by atoms with Crippen LogP contribution in [0.25, 0.3) is 0 Å². The highest BCUT2D eigenvalue weighted by atomic mass is 16.3. The first-order chi connectivity index (χ1) is 5.22. The molecule has 0 heterocycles. The summed E-state index contributed by atoms with van der Waals surface area (Å²) in [5, 5.41) is 16.7. The Morgan fingerprint density at radius 2 is 2.36 bits per heavy atom. The monoisotopic (exact) mass is 154 g/mol. The maximum atomic E-state index is 10.4. The standard InChI is InChI=1S/C7H10N2O2/c8-4-2-1-3-6(5-10)7(9)11/h3,10H,1-2,5H2,(H2,9,11). The Labute approximate surface area is 64.9 Å². The summed E-state index contributed by atoms with van der Waals surface area (Å²) >= 11 is 0. The van der Waals surface area contributed by atoms with E-state index in [4.69, 9.17) is 16.1 Å². The fourth-order valence-electron chi connectivity index (χ4n) is 0.554. The molecule has 60 valence electrons. The number of aliphatic hydroxyl groups excluding tert-OH is 1. The first-order valence-corrected chi connectivity index (χ1v) is 3.19. The van der Waals surface area contributed by atoms with E-state index in [1.54, 1.807) is 0 Å². The molecule has 0 aliphatic carbocycles. The van der Waals surface area contributed by atoms with Crippen LogP contribution in [0.1, 0.15) is 12.8 Å². The third-order valence-corrected chi connectivity index (χ3v) is 1.13. The smallest absolute Gasteiger partial charge is 0.246 e. The largest absolute Gasteiger partial charge is 0.391 e. The second-order valence-electron chi connectivity index (χ2n) is 1.95. The Kier molecular flexibility index (Phi) is 4.78. The molecule has 0 spiro atoms. The van der Waals surface area contributed by atoms with E-state index in [1.165, 1.54) is 6.08 Å². The zero-order valence-corrected chi connectivity index (χ0v) is 6.08. The third kappa shape index (κ3) is 4.12. The van der Waals surface area contributed by atoms with Crippen molar-refractivity contribution in [3.8, 4) is 6.07 Å². The van der Waals surface area contributed by atoms with Gasteiger partial charge in [-0.1, -0.05) is 6.08 Å². The van der Waals surface area contributed by atoms with E-state index in [0.29, 0.717) is 12.8 Å². The zero-order chi connectivity index (χ0) is 8.69. The van der Waals surface area contributed by atoms with Gasteiger partial charge in [-0.3, -0.25) is 4.79 Å². The molecule has 0 unspecified atom stereocenters. The Morgan fingerprint density at radius 3 is 2.73 bits per heavy atom. The van der Waals surface area contributed by atoms with Crippen LogP contribution in [0.15, 0.2) is 11.6 Å². The van der Waals surface area contributed by atoms with Gasteiger partial charge in [0.2, 0.25) is 5.91 Å². The molecule has 1 amide bonds. The molecule has 0 aromatic heterocycles. The number of rotatable bonds is 4. The number of hydrogen-bond acceptors (Lipinski definition) is 3. The van der Waals surface area contributed by atoms with E-state index in [9.17, 15) is 4.79 Å². The fraction of sp³-hybridized carbons (Fsp3) is 0.429. The number of carbonyl (C=O) groups excluding carboxylic acids is 1. The van der Waals surface area contributed by atoms with Crippen LogP contribution in [-0.4, -0.2) is 17.6 Å². The molecule has 0 aromatic carbocycles. The minimum atomic E-state index is -0.634. The Morgan fingerprint density at radius 1 is 1.73 bits per heavy atom. The molecule has 0 aliphatic heterocycles. The van der Waals surface area contributed by atoms with Crippen molar-refractivity contribution < 1.29 is 9.90 Å². The molecule has 4 nitrogen and oxygen atoms in total. The number of primary amides is 1. The lowest BCUT2D eigenvalue weighted by atomic mass is 10.2. The average molecular weight is 154 g/mol. The van der Waals surface area contributed by atoms with Crippen molar-refractivity contribution in [1.29, 1.82) is 5.26 Å². The number of amides is 1. The van der Waals surface area contributed by atoms with Crippen LogP contribution in [0.5, 0.6) is 0 Å². The first-order valence-electron chi connectivity index (χ1n) is 3.19. The average Bonchev–Trinajstić information content (AvgIpc) is 1.97. The van der Waals surface area contributed by atoms with Crippen molar-refractivity contribution in [2.24, 2.45) is 5.73 Å². The molecule has 0 aromatic rings. The molecule has 0 radical (unpaired) electrons. The van der Waals surface area contributed by atoms with Crippen LogP contribution in [0.4, 0.5) is 0 Å². The molecule has 0 aliphatic rings. The lowest BCUT2D eigenvalue weighted by molar-refractivity contribution is -0.114. The SMILES string of the molecule is N#CCCC=C(CO)C(N)=O. The molecule has 3 N–H and O–H groups in total. The van der Waals surface area contributed by atoms with Crippen molar-refractivity contribution in [2.75, 3.05) is 6.61 Å². The van der Waals surface area contributed by atoms with E-state index >= 15 is 0 Å². The second kappa shape index (κ2) is 5.45. The van der Waals surface area contributed by atoms with Gasteiger partial charge in [-0.05, 0) is 6.42 Å². The van der Waals surface area contributed by atoms with Gasteiger partial charge in [0.1, 0.15) is 0 Å². The van der Waals surface area contributed by atoms with Crippen LogP contribution in [0, 0.1) is 11.3 Å². The van der Waals surface area contributed by atoms with E-state index in [-0.39, 0.29) is 12.2 Å². The van der Waals surface area contributed by atoms with Crippen LogP contribution in [-0.2, 0) is 4.79 Å². The van der Waals surface area contributed by atoms with Gasteiger partial charge in [0.05, 0.1) is 12.7 Å². The van der Waals surface area contributed by atoms with Crippen molar-refractivity contribution in [2.45, 2.75) is 12.8 Å². The number of nitrogens with two attached hydrogens (primary N) is 1. The molecule has 4 heteroatoms. The fourth-order valence-corrected chi connectivity index (χ4v) is 0.554. The summed E-state index contributed by atoms with van der Waals surface area (Å²) < 4.78 is 0. The summed E-state index contributed by atoms with van der Waals surface area (Å²) in [6.07, 6.45) is 2.26. The molecule has 11 heavy (non-hydrogen) atoms. The van der Waals surface area contributed by atoms with Crippen LogP contribution >= 0.6 is 0 Å². The number of aliphatic hydroxyl groups is 1. The lowest BCUT2D eigenvalue weighted by Crippen LogP contribution is -2.16. The highest BCUT2D eigenvalue weighted by Crippen LogP contribution is 1.96. The number of nitrogens with zero attached hydrogens (tertiary/aromatic N) is 1. The zero-order valence-electron chi connectivity index (χ0n) is 6.08. The number of carbonyl (C=O) groups is 1. The van der Waals surface area contributed by atoms with Crippen molar-refractivity contribution in [1.82, 2.24) is 0 Å². The lowest BCUT2D eigenvalue weighted by Gasteiger charge is -1.95. The van der Waals surface area contributed by atoms with Gasteiger partial charge in [0.25, 0.3) is 0 Å². The molecular formula is C7H10N2O2. The molecule has 0 rings (SSSR count). The quantitative estimate of drug-likeness (QED) is 0.430. The third-order valence-electron chi connectivity index (χ3n) is 1.13. The summed E-state index contributed by atoms with van der Waals surface area (Å²) in [6, 6.07) is 1.91. The topological polar surface area (TPSA) is 87.1 Å². The number of unbranched alkanes of at least 4 members (excludes halogenated alkanes) is 1. The Balaban J connectivity index is 3.93. The maximum absolute atomic E-state index is 10.4. The Bertz CT molecular complexity index is 203. The summed E-state index contributed by atoms with van der Waals surface area (Å²) in [6.45, 7) is -0.360. The predicted octanol–water partition coefficient (Wildman–Crippen LogP) is -0.306. The molecule has 0 saturated heterocycles. The number of hydrogen-bond donors (Lipinski definition) is 2. The minimum absolute atomic E-state index is 0.167. The van der Waals surface area contributed by atoms with Gasteiger partial charge in [-0.2, -0.15) is 5.26 Å². The van der Waals surface area contributed by atoms with Gasteiger partial charge in [-0.15, -0.1) is 0 Å². The van der Waals surface area contributed by atoms with E-state index < -0.39 is 5.91 Å². The predicted molar refractivity (Wildman–Crippen MR) is 39.2 cm³/mol. The van der Waals surface area contributed by atoms with E-state index in [2.05, 4.69) is 0 Å². The second-order valence-corrected chi connectivity index (χ2v) is 1.95. The summed E-state index contributed by atoms with van der Waals surface area (Å²) in [7, 11) is 0. The van der Waals surface area contributed by atoms with Crippen molar-refractivity contribution >= 4 is 5.91 Å².